The van der Waals surface area contributed by atoms with Gasteiger partial charge < -0.3 is 5.73 Å². The first-order chi connectivity index (χ1) is 3.81. The van der Waals surface area contributed by atoms with Gasteiger partial charge >= 0.3 is 0 Å². The Kier molecular flexibility index (Phi) is 5.36. The molecule has 0 aromatic rings. The summed E-state index contributed by atoms with van der Waals surface area (Å²) in [7, 11) is 0.122. The molecule has 1 unspecified atom stereocenters. The van der Waals surface area contributed by atoms with Gasteiger partial charge in [-0.2, -0.15) is 0 Å². The van der Waals surface area contributed by atoms with Gasteiger partial charge in [-0.25, -0.2) is 0 Å². The van der Waals surface area contributed by atoms with Gasteiger partial charge in [-0.05, 0) is 19.2 Å². The minimum atomic E-state index is 0.122. The third-order valence-corrected chi connectivity index (χ3v) is 2.67. The highest BCUT2D eigenvalue weighted by Crippen LogP contribution is 2.27. The van der Waals surface area contributed by atoms with Crippen LogP contribution in [0.25, 0.3) is 0 Å². The molecule has 1 nitrogen and oxygen atoms in total. The molecule has 2 N–H and O–H groups in total. The second-order valence-electron chi connectivity index (χ2n) is 1.84. The Balaban J connectivity index is 2.97. The number of allylic oxidation sites excluding steroid dienone is 1. The molecule has 0 amide bonds. The van der Waals surface area contributed by atoms with Crippen LogP contribution in [-0.4, -0.2) is 19.1 Å². The summed E-state index contributed by atoms with van der Waals surface area (Å²) < 4.78 is 0. The van der Waals surface area contributed by atoms with Crippen molar-refractivity contribution < 1.29 is 0 Å². The van der Waals surface area contributed by atoms with E-state index in [1.807, 2.05) is 6.08 Å². The van der Waals surface area contributed by atoms with Gasteiger partial charge in [0.15, 0.2) is 0 Å². The summed E-state index contributed by atoms with van der Waals surface area (Å²) in [5.41, 5.74) is 5.41. The minimum Gasteiger partial charge on any atom is -0.327 e. The quantitative estimate of drug-likeness (QED) is 0.455. The first kappa shape index (κ1) is 8.13. The van der Waals surface area contributed by atoms with Crippen molar-refractivity contribution in [2.45, 2.75) is 6.42 Å². The molecule has 0 radical (unpaired) electrons. The predicted molar refractivity (Wildman–Crippen MR) is 41.6 cm³/mol. The van der Waals surface area contributed by atoms with E-state index in [0.717, 1.165) is 12.7 Å². The van der Waals surface area contributed by atoms with E-state index in [-0.39, 0.29) is 7.92 Å². The van der Waals surface area contributed by atoms with Crippen molar-refractivity contribution in [1.82, 2.24) is 0 Å². The molecule has 0 saturated carbocycles. The molecule has 0 bridgehead atoms. The van der Waals surface area contributed by atoms with Crippen LogP contribution in [-0.2, 0) is 0 Å². The average Bonchev–Trinajstić information content (AvgIpc) is 1.83. The Bertz CT molecular complexity index is 63.5. The van der Waals surface area contributed by atoms with Crippen LogP contribution in [0, 0.1) is 0 Å². The van der Waals surface area contributed by atoms with E-state index in [9.17, 15) is 0 Å². The SMILES string of the molecule is C=CCCP(C)CN. The van der Waals surface area contributed by atoms with Crippen molar-refractivity contribution in [2.75, 3.05) is 19.1 Å². The summed E-state index contributed by atoms with van der Waals surface area (Å²) in [6.45, 7) is 5.86. The second kappa shape index (κ2) is 5.27. The molecule has 2 heteroatoms. The van der Waals surface area contributed by atoms with E-state index in [2.05, 4.69) is 13.2 Å². The topological polar surface area (TPSA) is 26.0 Å². The number of hydrogen-bond acceptors (Lipinski definition) is 1. The largest absolute Gasteiger partial charge is 0.327 e. The highest BCUT2D eigenvalue weighted by atomic mass is 31.1. The van der Waals surface area contributed by atoms with Crippen molar-refractivity contribution in [2.24, 2.45) is 5.73 Å². The molecule has 0 aliphatic heterocycles. The van der Waals surface area contributed by atoms with Crippen LogP contribution in [0.1, 0.15) is 6.42 Å². The second-order valence-corrected chi connectivity index (χ2v) is 4.36. The summed E-state index contributed by atoms with van der Waals surface area (Å²) in [4.78, 5) is 0. The zero-order valence-corrected chi connectivity index (χ0v) is 6.32. The molecule has 0 spiro atoms. The van der Waals surface area contributed by atoms with Crippen LogP contribution in [0.15, 0.2) is 12.7 Å². The van der Waals surface area contributed by atoms with Crippen LogP contribution in [0.3, 0.4) is 0 Å². The molecule has 0 aromatic carbocycles. The molecule has 0 aliphatic carbocycles. The predicted octanol–water partition coefficient (Wildman–Crippen LogP) is 1.59. The normalized spacial score (nSPS) is 13.2. The summed E-state index contributed by atoms with van der Waals surface area (Å²) >= 11 is 0. The molecule has 48 valence electrons. The molecule has 1 atom stereocenters. The molecule has 0 saturated heterocycles. The number of rotatable bonds is 4. The standard InChI is InChI=1S/C6H14NP/c1-3-4-5-8(2)6-7/h3H,1,4-7H2,2H3. The van der Waals surface area contributed by atoms with Crippen LogP contribution in [0.4, 0.5) is 0 Å². The van der Waals surface area contributed by atoms with E-state index in [1.54, 1.807) is 0 Å². The summed E-state index contributed by atoms with van der Waals surface area (Å²) in [5.74, 6) is 0. The van der Waals surface area contributed by atoms with Gasteiger partial charge in [-0.15, -0.1) is 6.58 Å². The Morgan fingerprint density at radius 1 is 1.75 bits per heavy atom. The molecule has 0 rings (SSSR count). The molecule has 0 aromatic heterocycles. The summed E-state index contributed by atoms with van der Waals surface area (Å²) in [6.07, 6.45) is 5.19. The maximum absolute atomic E-state index is 5.41. The Morgan fingerprint density at radius 2 is 2.38 bits per heavy atom. The highest BCUT2D eigenvalue weighted by Gasteiger charge is 1.92. The van der Waals surface area contributed by atoms with Gasteiger partial charge in [0.2, 0.25) is 0 Å². The first-order valence-electron chi connectivity index (χ1n) is 2.80. The maximum atomic E-state index is 5.41. The Labute approximate surface area is 52.7 Å². The van der Waals surface area contributed by atoms with Crippen molar-refractivity contribution in [3.63, 3.8) is 0 Å². The van der Waals surface area contributed by atoms with Gasteiger partial charge in [-0.3, -0.25) is 0 Å². The van der Waals surface area contributed by atoms with Crippen LogP contribution in [0.2, 0.25) is 0 Å². The third-order valence-electron chi connectivity index (χ3n) is 1.03. The van der Waals surface area contributed by atoms with Crippen LogP contribution in [0.5, 0.6) is 0 Å². The fourth-order valence-electron chi connectivity index (χ4n) is 0.403. The lowest BCUT2D eigenvalue weighted by atomic mass is 10.5. The molecule has 0 fully saturated rings. The number of hydrogen-bond donors (Lipinski definition) is 1. The maximum Gasteiger partial charge on any atom is 0.0125 e. The van der Waals surface area contributed by atoms with Gasteiger partial charge in [0.1, 0.15) is 0 Å². The van der Waals surface area contributed by atoms with Crippen LogP contribution < -0.4 is 5.73 Å². The van der Waals surface area contributed by atoms with E-state index in [1.165, 1.54) is 6.16 Å². The molecule has 0 heterocycles. The fraction of sp³-hybridized carbons (Fsp3) is 0.667. The van der Waals surface area contributed by atoms with Crippen LogP contribution >= 0.6 is 7.92 Å². The van der Waals surface area contributed by atoms with Gasteiger partial charge in [0, 0.05) is 6.29 Å². The molecule has 8 heavy (non-hydrogen) atoms. The van der Waals surface area contributed by atoms with E-state index in [0.29, 0.717) is 0 Å². The molecular formula is C6H14NP. The highest BCUT2D eigenvalue weighted by molar-refractivity contribution is 7.56. The van der Waals surface area contributed by atoms with Gasteiger partial charge in [-0.1, -0.05) is 14.0 Å². The van der Waals surface area contributed by atoms with E-state index in [4.69, 9.17) is 5.73 Å². The zero-order chi connectivity index (χ0) is 6.41. The number of nitrogens with two attached hydrogens (primary N) is 1. The Morgan fingerprint density at radius 3 is 2.75 bits per heavy atom. The summed E-state index contributed by atoms with van der Waals surface area (Å²) in [5, 5.41) is 0. The van der Waals surface area contributed by atoms with Crippen molar-refractivity contribution in [1.29, 1.82) is 0 Å². The molecular weight excluding hydrogens is 117 g/mol. The van der Waals surface area contributed by atoms with E-state index >= 15 is 0 Å². The minimum absolute atomic E-state index is 0.122. The third kappa shape index (κ3) is 4.29. The van der Waals surface area contributed by atoms with E-state index < -0.39 is 0 Å². The lowest BCUT2D eigenvalue weighted by molar-refractivity contribution is 1.22. The van der Waals surface area contributed by atoms with Gasteiger partial charge in [0.25, 0.3) is 0 Å². The zero-order valence-electron chi connectivity index (χ0n) is 5.43. The van der Waals surface area contributed by atoms with Gasteiger partial charge in [0.05, 0.1) is 0 Å². The smallest absolute Gasteiger partial charge is 0.0125 e. The Hall–Kier alpha value is 0.130. The van der Waals surface area contributed by atoms with Crippen molar-refractivity contribution in [3.05, 3.63) is 12.7 Å². The lowest BCUT2D eigenvalue weighted by Gasteiger charge is -2.04. The van der Waals surface area contributed by atoms with Crippen molar-refractivity contribution >= 4 is 7.92 Å². The molecule has 0 aliphatic rings. The average molecular weight is 131 g/mol. The first-order valence-corrected chi connectivity index (χ1v) is 4.96. The lowest BCUT2D eigenvalue weighted by Crippen LogP contribution is -1.97. The summed E-state index contributed by atoms with van der Waals surface area (Å²) in [6, 6.07) is 0. The fourth-order valence-corrected chi connectivity index (χ4v) is 1.21. The monoisotopic (exact) mass is 131 g/mol. The van der Waals surface area contributed by atoms with Crippen molar-refractivity contribution in [3.8, 4) is 0 Å².